The van der Waals surface area contributed by atoms with E-state index in [1.807, 2.05) is 0 Å². The monoisotopic (exact) mass is 396 g/mol. The maximum Gasteiger partial charge on any atom is -0.0235 e. The Labute approximate surface area is 181 Å². The van der Waals surface area contributed by atoms with E-state index < -0.39 is 0 Å². The van der Waals surface area contributed by atoms with Gasteiger partial charge in [-0.15, -0.1) is 0 Å². The second kappa shape index (κ2) is 8.16. The van der Waals surface area contributed by atoms with Crippen molar-refractivity contribution >= 4 is 0 Å². The molecular formula is C29H48. The number of rotatable bonds is 1. The molecule has 0 heterocycles. The second-order valence-corrected chi connectivity index (χ2v) is 12.8. The highest BCUT2D eigenvalue weighted by Crippen LogP contribution is 2.66. The third kappa shape index (κ3) is 3.28. The Morgan fingerprint density at radius 2 is 1.00 bits per heavy atom. The highest BCUT2D eigenvalue weighted by atomic mass is 14.6. The van der Waals surface area contributed by atoms with Crippen molar-refractivity contribution in [3.05, 3.63) is 0 Å². The Bertz CT molecular complexity index is 564. The summed E-state index contributed by atoms with van der Waals surface area (Å²) in [5.74, 6) is 9.12. The molecule has 29 heavy (non-hydrogen) atoms. The lowest BCUT2D eigenvalue weighted by atomic mass is 9.43. The largest absolute Gasteiger partial charge is 0.0533 e. The molecule has 6 saturated carbocycles. The predicted octanol–water partition coefficient (Wildman–Crippen LogP) is 8.79. The van der Waals surface area contributed by atoms with Crippen LogP contribution in [0.25, 0.3) is 0 Å². The normalized spacial score (nSPS) is 53.0. The molecule has 0 spiro atoms. The van der Waals surface area contributed by atoms with Gasteiger partial charge in [0.25, 0.3) is 0 Å². The van der Waals surface area contributed by atoms with Gasteiger partial charge >= 0.3 is 0 Å². The van der Waals surface area contributed by atoms with E-state index in [0.29, 0.717) is 0 Å². The van der Waals surface area contributed by atoms with Crippen molar-refractivity contribution in [3.8, 4) is 0 Å². The molecule has 0 amide bonds. The number of hydrogen-bond donors (Lipinski definition) is 0. The van der Waals surface area contributed by atoms with Crippen molar-refractivity contribution in [2.45, 2.75) is 128 Å². The zero-order valence-electron chi connectivity index (χ0n) is 19.3. The van der Waals surface area contributed by atoms with Crippen molar-refractivity contribution in [2.24, 2.45) is 52.8 Å². The SMILES string of the molecule is C1CCC2C3CCCCC3CCC2(C2CCCC3C4CCCCC4CCC32)CC1. The maximum atomic E-state index is 1.65. The van der Waals surface area contributed by atoms with Gasteiger partial charge in [-0.25, -0.2) is 0 Å². The van der Waals surface area contributed by atoms with Crippen LogP contribution in [-0.4, -0.2) is 0 Å². The van der Waals surface area contributed by atoms with Gasteiger partial charge in [-0.05, 0) is 117 Å². The Balaban J connectivity index is 1.32. The summed E-state index contributed by atoms with van der Waals surface area (Å²) in [7, 11) is 0. The number of fused-ring (bicyclic) bond motifs is 6. The van der Waals surface area contributed by atoms with Gasteiger partial charge in [0.1, 0.15) is 0 Å². The molecule has 164 valence electrons. The lowest BCUT2D eigenvalue weighted by Crippen LogP contribution is -2.53. The van der Waals surface area contributed by atoms with E-state index in [9.17, 15) is 0 Å². The van der Waals surface area contributed by atoms with E-state index in [2.05, 4.69) is 0 Å². The van der Waals surface area contributed by atoms with Gasteiger partial charge in [-0.3, -0.25) is 0 Å². The molecule has 6 aliphatic carbocycles. The zero-order valence-corrected chi connectivity index (χ0v) is 19.3. The molecule has 6 fully saturated rings. The summed E-state index contributed by atoms with van der Waals surface area (Å²) in [6, 6.07) is 0. The molecule has 0 aromatic rings. The molecule has 0 aliphatic heterocycles. The van der Waals surface area contributed by atoms with Crippen LogP contribution >= 0.6 is 0 Å². The Kier molecular flexibility index (Phi) is 5.54. The minimum Gasteiger partial charge on any atom is -0.0533 e. The molecule has 6 rings (SSSR count). The van der Waals surface area contributed by atoms with Gasteiger partial charge in [0.15, 0.2) is 0 Å². The average molecular weight is 397 g/mol. The number of hydrogen-bond acceptors (Lipinski definition) is 0. The van der Waals surface area contributed by atoms with Crippen molar-refractivity contribution in [1.82, 2.24) is 0 Å². The Morgan fingerprint density at radius 1 is 0.345 bits per heavy atom. The van der Waals surface area contributed by atoms with Gasteiger partial charge in [-0.1, -0.05) is 64.2 Å². The summed E-state index contributed by atoms with van der Waals surface area (Å²) in [6.45, 7) is 0. The minimum absolute atomic E-state index is 0.792. The molecule has 0 N–H and O–H groups in total. The second-order valence-electron chi connectivity index (χ2n) is 12.8. The van der Waals surface area contributed by atoms with Crippen LogP contribution in [0.1, 0.15) is 128 Å². The van der Waals surface area contributed by atoms with Gasteiger partial charge < -0.3 is 0 Å². The third-order valence-electron chi connectivity index (χ3n) is 12.1. The van der Waals surface area contributed by atoms with E-state index >= 15 is 0 Å². The van der Waals surface area contributed by atoms with Crippen molar-refractivity contribution in [2.75, 3.05) is 0 Å². The van der Waals surface area contributed by atoms with Gasteiger partial charge in [0.2, 0.25) is 0 Å². The van der Waals surface area contributed by atoms with Gasteiger partial charge in [0, 0.05) is 0 Å². The van der Waals surface area contributed by atoms with Crippen LogP contribution in [0.5, 0.6) is 0 Å². The first-order valence-electron chi connectivity index (χ1n) is 14.4. The fourth-order valence-corrected chi connectivity index (χ4v) is 11.2. The fourth-order valence-electron chi connectivity index (χ4n) is 11.2. The summed E-state index contributed by atoms with van der Waals surface area (Å²) < 4.78 is 0. The van der Waals surface area contributed by atoms with E-state index in [4.69, 9.17) is 0 Å². The third-order valence-corrected chi connectivity index (χ3v) is 12.1. The first kappa shape index (κ1) is 19.7. The lowest BCUT2D eigenvalue weighted by molar-refractivity contribution is -0.122. The molecule has 9 unspecified atom stereocenters. The molecule has 0 saturated heterocycles. The zero-order chi connectivity index (χ0) is 19.3. The minimum atomic E-state index is 0.792. The van der Waals surface area contributed by atoms with E-state index in [1.165, 1.54) is 0 Å². The molecule has 6 aliphatic rings. The summed E-state index contributed by atoms with van der Waals surface area (Å²) in [6.07, 6.45) is 32.0. The van der Waals surface area contributed by atoms with E-state index in [0.717, 1.165) is 52.8 Å². The molecule has 0 aromatic carbocycles. The standard InChI is InChI=1S/C29H48/c1-2-14-27-24-12-6-4-10-22(24)18-20-29(27,19-7-1)28-15-8-13-25-23-11-5-3-9-21(23)16-17-26(25)28/h21-28H,1-20H2. The average Bonchev–Trinajstić information content (AvgIpc) is 3.02. The Morgan fingerprint density at radius 3 is 1.90 bits per heavy atom. The molecular weight excluding hydrogens is 348 g/mol. The molecule has 0 heteroatoms. The molecule has 9 atom stereocenters. The van der Waals surface area contributed by atoms with Crippen LogP contribution in [0, 0.1) is 52.8 Å². The van der Waals surface area contributed by atoms with Gasteiger partial charge in [-0.2, -0.15) is 0 Å². The van der Waals surface area contributed by atoms with Crippen molar-refractivity contribution < 1.29 is 0 Å². The smallest absolute Gasteiger partial charge is 0.0235 e. The quantitative estimate of drug-likeness (QED) is 0.415. The summed E-state index contributed by atoms with van der Waals surface area (Å²) in [5.41, 5.74) is 0.792. The van der Waals surface area contributed by atoms with Crippen LogP contribution in [0.15, 0.2) is 0 Å². The summed E-state index contributed by atoms with van der Waals surface area (Å²) in [4.78, 5) is 0. The highest BCUT2D eigenvalue weighted by Gasteiger charge is 2.57. The maximum absolute atomic E-state index is 1.65. The highest BCUT2D eigenvalue weighted by molar-refractivity contribution is 5.06. The van der Waals surface area contributed by atoms with Crippen molar-refractivity contribution in [1.29, 1.82) is 0 Å². The van der Waals surface area contributed by atoms with Crippen LogP contribution in [0.2, 0.25) is 0 Å². The first-order valence-corrected chi connectivity index (χ1v) is 14.4. The van der Waals surface area contributed by atoms with Gasteiger partial charge in [0.05, 0.1) is 0 Å². The van der Waals surface area contributed by atoms with E-state index in [-0.39, 0.29) is 0 Å². The summed E-state index contributed by atoms with van der Waals surface area (Å²) in [5, 5.41) is 0. The van der Waals surface area contributed by atoms with Crippen molar-refractivity contribution in [3.63, 3.8) is 0 Å². The first-order chi connectivity index (χ1) is 14.4. The van der Waals surface area contributed by atoms with Crippen LogP contribution in [-0.2, 0) is 0 Å². The van der Waals surface area contributed by atoms with Crippen LogP contribution in [0.3, 0.4) is 0 Å². The van der Waals surface area contributed by atoms with E-state index in [1.54, 1.807) is 128 Å². The molecule has 0 bridgehead atoms. The molecule has 0 aromatic heterocycles. The fraction of sp³-hybridized carbons (Fsp3) is 1.00. The molecule has 0 radical (unpaired) electrons. The topological polar surface area (TPSA) is 0 Å². The summed E-state index contributed by atoms with van der Waals surface area (Å²) >= 11 is 0. The predicted molar refractivity (Wildman–Crippen MR) is 123 cm³/mol. The Hall–Kier alpha value is 0. The molecule has 0 nitrogen and oxygen atoms in total. The lowest BCUT2D eigenvalue weighted by Gasteiger charge is -2.61. The van der Waals surface area contributed by atoms with Crippen LogP contribution in [0.4, 0.5) is 0 Å². The van der Waals surface area contributed by atoms with Crippen LogP contribution < -0.4 is 0 Å².